The second-order valence-corrected chi connectivity index (χ2v) is 5.47. The van der Waals surface area contributed by atoms with Crippen molar-refractivity contribution < 1.29 is 9.50 Å². The van der Waals surface area contributed by atoms with E-state index in [0.29, 0.717) is 5.56 Å². The Balaban J connectivity index is 2.53. The fourth-order valence-corrected chi connectivity index (χ4v) is 2.95. The lowest BCUT2D eigenvalue weighted by atomic mass is 9.95. The van der Waals surface area contributed by atoms with Gasteiger partial charge in [-0.15, -0.1) is 11.8 Å². The maximum absolute atomic E-state index is 14.1. The Morgan fingerprint density at radius 3 is 2.47 bits per heavy atom. The molecule has 0 fully saturated rings. The standard InChI is InChI=1S/C16H17FOS/c1-10-8-11(2)15(13(17)9-10)16(18)12-6-4-5-7-14(12)19-3/h4-9,16,18H,1-3H3. The van der Waals surface area contributed by atoms with Crippen LogP contribution in [0.15, 0.2) is 41.3 Å². The van der Waals surface area contributed by atoms with E-state index in [1.54, 1.807) is 11.8 Å². The topological polar surface area (TPSA) is 20.2 Å². The van der Waals surface area contributed by atoms with Crippen LogP contribution < -0.4 is 0 Å². The molecule has 19 heavy (non-hydrogen) atoms. The molecule has 2 aromatic rings. The molecule has 1 N–H and O–H groups in total. The summed E-state index contributed by atoms with van der Waals surface area (Å²) in [6.45, 7) is 3.68. The number of hydrogen-bond acceptors (Lipinski definition) is 2. The van der Waals surface area contributed by atoms with Gasteiger partial charge in [-0.1, -0.05) is 24.3 Å². The van der Waals surface area contributed by atoms with Crippen molar-refractivity contribution in [3.05, 3.63) is 64.5 Å². The van der Waals surface area contributed by atoms with E-state index in [4.69, 9.17) is 0 Å². The molecule has 0 spiro atoms. The van der Waals surface area contributed by atoms with Crippen LogP contribution in [0.5, 0.6) is 0 Å². The molecule has 0 bridgehead atoms. The summed E-state index contributed by atoms with van der Waals surface area (Å²) < 4.78 is 14.1. The van der Waals surface area contributed by atoms with Gasteiger partial charge in [0.1, 0.15) is 11.9 Å². The van der Waals surface area contributed by atoms with Crippen molar-refractivity contribution in [3.63, 3.8) is 0 Å². The summed E-state index contributed by atoms with van der Waals surface area (Å²) >= 11 is 1.55. The van der Waals surface area contributed by atoms with Gasteiger partial charge in [-0.25, -0.2) is 4.39 Å². The lowest BCUT2D eigenvalue weighted by molar-refractivity contribution is 0.211. The molecule has 0 aliphatic rings. The summed E-state index contributed by atoms with van der Waals surface area (Å²) in [6, 6.07) is 10.9. The highest BCUT2D eigenvalue weighted by Crippen LogP contribution is 2.33. The summed E-state index contributed by atoms with van der Waals surface area (Å²) in [4.78, 5) is 0.967. The molecule has 3 heteroatoms. The number of hydrogen-bond donors (Lipinski definition) is 1. The minimum Gasteiger partial charge on any atom is -0.383 e. The minimum atomic E-state index is -0.927. The van der Waals surface area contributed by atoms with E-state index < -0.39 is 6.10 Å². The van der Waals surface area contributed by atoms with Crippen LogP contribution in [0.1, 0.15) is 28.4 Å². The van der Waals surface area contributed by atoms with Crippen LogP contribution in [0, 0.1) is 19.7 Å². The zero-order valence-electron chi connectivity index (χ0n) is 11.3. The number of benzene rings is 2. The van der Waals surface area contributed by atoms with Crippen LogP contribution in [0.2, 0.25) is 0 Å². The lowest BCUT2D eigenvalue weighted by Crippen LogP contribution is -2.07. The molecule has 0 radical (unpaired) electrons. The molecule has 0 aromatic heterocycles. The van der Waals surface area contributed by atoms with E-state index in [9.17, 15) is 9.50 Å². The highest BCUT2D eigenvalue weighted by Gasteiger charge is 2.20. The second-order valence-electron chi connectivity index (χ2n) is 4.62. The van der Waals surface area contributed by atoms with Crippen LogP contribution >= 0.6 is 11.8 Å². The molecule has 1 atom stereocenters. The number of aryl methyl sites for hydroxylation is 2. The van der Waals surface area contributed by atoms with Crippen molar-refractivity contribution in [2.45, 2.75) is 24.8 Å². The summed E-state index contributed by atoms with van der Waals surface area (Å²) in [6.07, 6.45) is 1.02. The molecule has 2 rings (SSSR count). The third-order valence-electron chi connectivity index (χ3n) is 3.19. The molecule has 0 aliphatic carbocycles. The molecule has 0 aliphatic heterocycles. The van der Waals surface area contributed by atoms with E-state index in [0.717, 1.165) is 21.6 Å². The largest absolute Gasteiger partial charge is 0.383 e. The van der Waals surface area contributed by atoms with Gasteiger partial charge < -0.3 is 5.11 Å². The van der Waals surface area contributed by atoms with Crippen molar-refractivity contribution in [2.24, 2.45) is 0 Å². The first-order valence-electron chi connectivity index (χ1n) is 6.12. The molecule has 0 heterocycles. The van der Waals surface area contributed by atoms with Crippen LogP contribution in [-0.4, -0.2) is 11.4 Å². The van der Waals surface area contributed by atoms with Crippen molar-refractivity contribution in [2.75, 3.05) is 6.26 Å². The monoisotopic (exact) mass is 276 g/mol. The highest BCUT2D eigenvalue weighted by molar-refractivity contribution is 7.98. The zero-order chi connectivity index (χ0) is 14.0. The van der Waals surface area contributed by atoms with E-state index in [-0.39, 0.29) is 5.82 Å². The van der Waals surface area contributed by atoms with Gasteiger partial charge in [0.2, 0.25) is 0 Å². The van der Waals surface area contributed by atoms with Crippen LogP contribution in [0.4, 0.5) is 4.39 Å². The Labute approximate surface area is 117 Å². The summed E-state index contributed by atoms with van der Waals surface area (Å²) in [7, 11) is 0. The van der Waals surface area contributed by atoms with Gasteiger partial charge >= 0.3 is 0 Å². The average Bonchev–Trinajstić information content (AvgIpc) is 2.37. The van der Waals surface area contributed by atoms with Gasteiger partial charge in [0.05, 0.1) is 0 Å². The predicted octanol–water partition coefficient (Wildman–Crippen LogP) is 4.25. The minimum absolute atomic E-state index is 0.346. The third kappa shape index (κ3) is 2.82. The first-order valence-corrected chi connectivity index (χ1v) is 7.34. The number of halogens is 1. The van der Waals surface area contributed by atoms with Gasteiger partial charge in [0.15, 0.2) is 0 Å². The van der Waals surface area contributed by atoms with E-state index >= 15 is 0 Å². The molecule has 1 unspecified atom stereocenters. The summed E-state index contributed by atoms with van der Waals surface area (Å²) in [5, 5.41) is 10.5. The van der Waals surface area contributed by atoms with Gasteiger partial charge in [-0.2, -0.15) is 0 Å². The zero-order valence-corrected chi connectivity index (χ0v) is 12.1. The fraction of sp³-hybridized carbons (Fsp3) is 0.250. The number of aliphatic hydroxyl groups is 1. The highest BCUT2D eigenvalue weighted by atomic mass is 32.2. The van der Waals surface area contributed by atoms with Crippen LogP contribution in [0.3, 0.4) is 0 Å². The Morgan fingerprint density at radius 2 is 1.84 bits per heavy atom. The number of thioether (sulfide) groups is 1. The first kappa shape index (κ1) is 14.1. The predicted molar refractivity (Wildman–Crippen MR) is 78.2 cm³/mol. The second kappa shape index (κ2) is 5.76. The maximum Gasteiger partial charge on any atom is 0.129 e. The molecule has 0 saturated heterocycles. The van der Waals surface area contributed by atoms with E-state index in [1.807, 2.05) is 50.4 Å². The lowest BCUT2D eigenvalue weighted by Gasteiger charge is -2.18. The smallest absolute Gasteiger partial charge is 0.129 e. The number of rotatable bonds is 3. The Kier molecular flexibility index (Phi) is 4.27. The number of aliphatic hydroxyl groups excluding tert-OH is 1. The average molecular weight is 276 g/mol. The fourth-order valence-electron chi connectivity index (χ4n) is 2.32. The van der Waals surface area contributed by atoms with Gasteiger partial charge in [-0.3, -0.25) is 0 Å². The van der Waals surface area contributed by atoms with Gasteiger partial charge in [0, 0.05) is 10.5 Å². The SMILES string of the molecule is CSc1ccccc1C(O)c1c(C)cc(C)cc1F. The Hall–Kier alpha value is -1.32. The summed E-state index contributed by atoms with van der Waals surface area (Å²) in [5.41, 5.74) is 2.76. The third-order valence-corrected chi connectivity index (χ3v) is 4.00. The van der Waals surface area contributed by atoms with Crippen molar-refractivity contribution in [1.29, 1.82) is 0 Å². The van der Waals surface area contributed by atoms with E-state index in [1.165, 1.54) is 6.07 Å². The molecule has 0 saturated carbocycles. The molecule has 0 amide bonds. The van der Waals surface area contributed by atoms with Gasteiger partial charge in [-0.05, 0) is 48.9 Å². The molecule has 1 nitrogen and oxygen atoms in total. The Morgan fingerprint density at radius 1 is 1.16 bits per heavy atom. The molecule has 100 valence electrons. The molecule has 2 aromatic carbocycles. The van der Waals surface area contributed by atoms with Crippen LogP contribution in [-0.2, 0) is 0 Å². The molecular formula is C16H17FOS. The van der Waals surface area contributed by atoms with Crippen molar-refractivity contribution in [1.82, 2.24) is 0 Å². The van der Waals surface area contributed by atoms with Crippen molar-refractivity contribution in [3.8, 4) is 0 Å². The van der Waals surface area contributed by atoms with Gasteiger partial charge in [0.25, 0.3) is 0 Å². The quantitative estimate of drug-likeness (QED) is 0.846. The molecular weight excluding hydrogens is 259 g/mol. The normalized spacial score (nSPS) is 12.5. The maximum atomic E-state index is 14.1. The Bertz CT molecular complexity index is 572. The first-order chi connectivity index (χ1) is 9.04. The van der Waals surface area contributed by atoms with E-state index in [2.05, 4.69) is 0 Å². The van der Waals surface area contributed by atoms with Crippen molar-refractivity contribution >= 4 is 11.8 Å². The summed E-state index contributed by atoms with van der Waals surface area (Å²) in [5.74, 6) is -0.346. The van der Waals surface area contributed by atoms with Crippen LogP contribution in [0.25, 0.3) is 0 Å².